The first-order valence-electron chi connectivity index (χ1n) is 7.60. The summed E-state index contributed by atoms with van der Waals surface area (Å²) in [7, 11) is 0. The molecule has 0 aromatic rings. The van der Waals surface area contributed by atoms with Crippen LogP contribution < -0.4 is 0 Å². The van der Waals surface area contributed by atoms with Gasteiger partial charge in [-0.1, -0.05) is 54.4 Å². The van der Waals surface area contributed by atoms with Gasteiger partial charge in [-0.3, -0.25) is 0 Å². The van der Waals surface area contributed by atoms with Crippen molar-refractivity contribution in [2.45, 2.75) is 67.2 Å². The molecule has 0 saturated heterocycles. The summed E-state index contributed by atoms with van der Waals surface area (Å²) in [4.78, 5) is 0. The normalized spacial score (nSPS) is 15.5. The van der Waals surface area contributed by atoms with Crippen LogP contribution in [0.1, 0.15) is 67.2 Å². The second kappa shape index (κ2) is 9.94. The molecule has 104 valence electrons. The SMILES string of the molecule is CCCC(COCC(CCC)C(C)C)C(C)C. The van der Waals surface area contributed by atoms with Gasteiger partial charge in [0.2, 0.25) is 0 Å². The third-order valence-corrected chi connectivity index (χ3v) is 3.87. The van der Waals surface area contributed by atoms with Gasteiger partial charge in [-0.05, 0) is 36.5 Å². The van der Waals surface area contributed by atoms with Crippen LogP contribution >= 0.6 is 0 Å². The zero-order valence-corrected chi connectivity index (χ0v) is 13.0. The Morgan fingerprint density at radius 2 is 1.06 bits per heavy atom. The fourth-order valence-electron chi connectivity index (χ4n) is 2.33. The highest BCUT2D eigenvalue weighted by molar-refractivity contribution is 4.65. The molecule has 0 radical (unpaired) electrons. The summed E-state index contributed by atoms with van der Waals surface area (Å²) in [6.45, 7) is 15.7. The smallest absolute Gasteiger partial charge is 0.0496 e. The van der Waals surface area contributed by atoms with Crippen LogP contribution in [0.15, 0.2) is 0 Å². The van der Waals surface area contributed by atoms with Gasteiger partial charge in [-0.25, -0.2) is 0 Å². The van der Waals surface area contributed by atoms with E-state index in [2.05, 4.69) is 41.5 Å². The fourth-order valence-corrected chi connectivity index (χ4v) is 2.33. The van der Waals surface area contributed by atoms with Gasteiger partial charge in [-0.15, -0.1) is 0 Å². The molecule has 0 aromatic heterocycles. The quantitative estimate of drug-likeness (QED) is 0.515. The van der Waals surface area contributed by atoms with Crippen molar-refractivity contribution in [2.75, 3.05) is 13.2 Å². The molecule has 0 aliphatic rings. The van der Waals surface area contributed by atoms with Crippen LogP contribution in [-0.4, -0.2) is 13.2 Å². The van der Waals surface area contributed by atoms with Gasteiger partial charge in [0.05, 0.1) is 0 Å². The second-order valence-electron chi connectivity index (χ2n) is 6.12. The monoisotopic (exact) mass is 242 g/mol. The molecule has 1 nitrogen and oxygen atoms in total. The first-order chi connectivity index (χ1) is 8.02. The lowest BCUT2D eigenvalue weighted by Crippen LogP contribution is -2.21. The zero-order valence-electron chi connectivity index (χ0n) is 13.0. The molecule has 0 N–H and O–H groups in total. The molecule has 0 aromatic carbocycles. The molecule has 0 heterocycles. The molecule has 0 bridgehead atoms. The van der Waals surface area contributed by atoms with Crippen molar-refractivity contribution in [1.82, 2.24) is 0 Å². The van der Waals surface area contributed by atoms with Crippen molar-refractivity contribution in [1.29, 1.82) is 0 Å². The zero-order chi connectivity index (χ0) is 13.3. The van der Waals surface area contributed by atoms with Gasteiger partial charge < -0.3 is 4.74 Å². The van der Waals surface area contributed by atoms with E-state index < -0.39 is 0 Å². The maximum atomic E-state index is 5.99. The van der Waals surface area contributed by atoms with Crippen LogP contribution in [0.3, 0.4) is 0 Å². The van der Waals surface area contributed by atoms with Crippen LogP contribution in [0.4, 0.5) is 0 Å². The van der Waals surface area contributed by atoms with Crippen molar-refractivity contribution in [3.05, 3.63) is 0 Å². The second-order valence-corrected chi connectivity index (χ2v) is 6.12. The molecule has 1 heteroatoms. The van der Waals surface area contributed by atoms with Crippen LogP contribution in [0.25, 0.3) is 0 Å². The highest BCUT2D eigenvalue weighted by Crippen LogP contribution is 2.20. The Morgan fingerprint density at radius 1 is 0.706 bits per heavy atom. The van der Waals surface area contributed by atoms with Gasteiger partial charge in [0.15, 0.2) is 0 Å². The summed E-state index contributed by atoms with van der Waals surface area (Å²) in [5.41, 5.74) is 0. The molecule has 0 spiro atoms. The fraction of sp³-hybridized carbons (Fsp3) is 1.00. The minimum absolute atomic E-state index is 0.745. The van der Waals surface area contributed by atoms with Gasteiger partial charge in [-0.2, -0.15) is 0 Å². The van der Waals surface area contributed by atoms with Crippen molar-refractivity contribution in [3.63, 3.8) is 0 Å². The molecule has 0 fully saturated rings. The summed E-state index contributed by atoms with van der Waals surface area (Å²) >= 11 is 0. The van der Waals surface area contributed by atoms with Crippen LogP contribution in [-0.2, 0) is 4.74 Å². The Morgan fingerprint density at radius 3 is 1.29 bits per heavy atom. The Labute approximate surface area is 109 Å². The molecule has 0 aliphatic heterocycles. The highest BCUT2D eigenvalue weighted by Gasteiger charge is 2.16. The molecule has 0 saturated carbocycles. The summed E-state index contributed by atoms with van der Waals surface area (Å²) in [6, 6.07) is 0. The van der Waals surface area contributed by atoms with Crippen LogP contribution in [0, 0.1) is 23.7 Å². The molecular formula is C16H34O. The molecule has 2 atom stereocenters. The lowest BCUT2D eigenvalue weighted by molar-refractivity contribution is 0.0414. The molecule has 0 aliphatic carbocycles. The average molecular weight is 242 g/mol. The van der Waals surface area contributed by atoms with E-state index in [9.17, 15) is 0 Å². The predicted molar refractivity (Wildman–Crippen MR) is 77.3 cm³/mol. The summed E-state index contributed by atoms with van der Waals surface area (Å²) in [5, 5.41) is 0. The van der Waals surface area contributed by atoms with E-state index in [1.165, 1.54) is 25.7 Å². The first-order valence-corrected chi connectivity index (χ1v) is 7.60. The molecular weight excluding hydrogens is 208 g/mol. The minimum atomic E-state index is 0.745. The van der Waals surface area contributed by atoms with Gasteiger partial charge in [0, 0.05) is 13.2 Å². The van der Waals surface area contributed by atoms with E-state index in [0.717, 1.165) is 36.9 Å². The standard InChI is InChI=1S/C16H34O/c1-7-9-15(13(3)4)11-17-12-16(10-8-2)14(5)6/h13-16H,7-12H2,1-6H3. The Balaban J connectivity index is 3.91. The topological polar surface area (TPSA) is 9.23 Å². The summed E-state index contributed by atoms with van der Waals surface area (Å²) in [5.74, 6) is 2.99. The van der Waals surface area contributed by atoms with Crippen molar-refractivity contribution in [2.24, 2.45) is 23.7 Å². The molecule has 0 rings (SSSR count). The van der Waals surface area contributed by atoms with Crippen LogP contribution in [0.2, 0.25) is 0 Å². The first kappa shape index (κ1) is 17.0. The largest absolute Gasteiger partial charge is 0.381 e. The summed E-state index contributed by atoms with van der Waals surface area (Å²) in [6.07, 6.45) is 5.15. The molecule has 17 heavy (non-hydrogen) atoms. The lowest BCUT2D eigenvalue weighted by atomic mass is 9.91. The third-order valence-electron chi connectivity index (χ3n) is 3.87. The number of rotatable bonds is 10. The van der Waals surface area contributed by atoms with E-state index in [-0.39, 0.29) is 0 Å². The number of hydrogen-bond donors (Lipinski definition) is 0. The van der Waals surface area contributed by atoms with E-state index in [4.69, 9.17) is 4.74 Å². The Kier molecular flexibility index (Phi) is 9.91. The highest BCUT2D eigenvalue weighted by atomic mass is 16.5. The van der Waals surface area contributed by atoms with E-state index in [0.29, 0.717) is 0 Å². The van der Waals surface area contributed by atoms with Crippen molar-refractivity contribution in [3.8, 4) is 0 Å². The average Bonchev–Trinajstić information content (AvgIpc) is 2.26. The molecule has 2 unspecified atom stereocenters. The Bertz CT molecular complexity index is 145. The van der Waals surface area contributed by atoms with Crippen molar-refractivity contribution >= 4 is 0 Å². The minimum Gasteiger partial charge on any atom is -0.381 e. The van der Waals surface area contributed by atoms with E-state index in [1.54, 1.807) is 0 Å². The van der Waals surface area contributed by atoms with Crippen molar-refractivity contribution < 1.29 is 4.74 Å². The third kappa shape index (κ3) is 7.81. The van der Waals surface area contributed by atoms with E-state index in [1.807, 2.05) is 0 Å². The van der Waals surface area contributed by atoms with Gasteiger partial charge in [0.1, 0.15) is 0 Å². The maximum absolute atomic E-state index is 5.99. The van der Waals surface area contributed by atoms with Gasteiger partial charge >= 0.3 is 0 Å². The predicted octanol–water partition coefficient (Wildman–Crippen LogP) is 5.15. The maximum Gasteiger partial charge on any atom is 0.0496 e. The lowest BCUT2D eigenvalue weighted by Gasteiger charge is -2.24. The van der Waals surface area contributed by atoms with Crippen LogP contribution in [0.5, 0.6) is 0 Å². The molecule has 0 amide bonds. The number of ether oxygens (including phenoxy) is 1. The van der Waals surface area contributed by atoms with E-state index >= 15 is 0 Å². The number of hydrogen-bond acceptors (Lipinski definition) is 1. The van der Waals surface area contributed by atoms with Gasteiger partial charge in [0.25, 0.3) is 0 Å². The summed E-state index contributed by atoms with van der Waals surface area (Å²) < 4.78 is 5.99. The Hall–Kier alpha value is -0.0400.